The van der Waals surface area contributed by atoms with Crippen LogP contribution < -0.4 is 16.0 Å². The van der Waals surface area contributed by atoms with Gasteiger partial charge in [-0.3, -0.25) is 24.3 Å². The van der Waals surface area contributed by atoms with E-state index in [0.29, 0.717) is 46.9 Å². The molecule has 5 heterocycles. The van der Waals surface area contributed by atoms with Crippen molar-refractivity contribution in [3.05, 3.63) is 93.5 Å². The second-order valence-corrected chi connectivity index (χ2v) is 8.93. The molecule has 3 N–H and O–H groups in total. The van der Waals surface area contributed by atoms with E-state index in [9.17, 15) is 19.8 Å². The number of rotatable bonds is 8. The lowest BCUT2D eigenvalue weighted by molar-refractivity contribution is -0.0517. The van der Waals surface area contributed by atoms with E-state index >= 15 is 0 Å². The number of aliphatic hydroxyl groups is 2. The third-order valence-corrected chi connectivity index (χ3v) is 6.24. The number of nitrogens with one attached hydrogen (secondary N) is 1. The van der Waals surface area contributed by atoms with Gasteiger partial charge in [0.25, 0.3) is 5.56 Å². The lowest BCUT2D eigenvalue weighted by Gasteiger charge is -2.18. The van der Waals surface area contributed by atoms with Crippen LogP contribution in [-0.2, 0) is 11.2 Å². The van der Waals surface area contributed by atoms with Crippen molar-refractivity contribution < 1.29 is 19.7 Å². The predicted molar refractivity (Wildman–Crippen MR) is 137 cm³/mol. The Balaban J connectivity index is 1.39. The largest absolute Gasteiger partial charge is 0.491 e. The van der Waals surface area contributed by atoms with E-state index in [2.05, 4.69) is 19.9 Å². The van der Waals surface area contributed by atoms with Gasteiger partial charge in [-0.05, 0) is 30.7 Å². The lowest BCUT2D eigenvalue weighted by atomic mass is 10.1. The molecule has 0 saturated carbocycles. The molecular formula is C27H27N5O6. The Labute approximate surface area is 217 Å². The molecule has 0 radical (unpaired) electrons. The zero-order chi connectivity index (χ0) is 26.6. The molecule has 4 atom stereocenters. The average molecular weight is 518 g/mol. The molecule has 5 rings (SSSR count). The molecule has 0 spiro atoms. The van der Waals surface area contributed by atoms with Gasteiger partial charge >= 0.3 is 5.69 Å². The van der Waals surface area contributed by atoms with E-state index in [1.54, 1.807) is 24.5 Å². The Kier molecular flexibility index (Phi) is 7.40. The summed E-state index contributed by atoms with van der Waals surface area (Å²) in [7, 11) is 0. The van der Waals surface area contributed by atoms with Gasteiger partial charge in [0.05, 0.1) is 22.8 Å². The molecule has 1 aliphatic rings. The molecule has 1 saturated heterocycles. The normalized spacial score (nSPS) is 20.9. The number of hydrogen-bond acceptors (Lipinski definition) is 9. The van der Waals surface area contributed by atoms with Crippen LogP contribution in [0.3, 0.4) is 0 Å². The number of aryl methyl sites for hydroxylation is 1. The molecule has 0 amide bonds. The van der Waals surface area contributed by atoms with Crippen LogP contribution in [0, 0.1) is 0 Å². The number of pyridine rings is 3. The number of H-pyrrole nitrogens is 1. The molecule has 4 aromatic rings. The van der Waals surface area contributed by atoms with E-state index in [0.717, 1.165) is 4.57 Å². The van der Waals surface area contributed by atoms with Crippen LogP contribution in [0.25, 0.3) is 22.8 Å². The van der Waals surface area contributed by atoms with Crippen LogP contribution in [0.5, 0.6) is 5.75 Å². The summed E-state index contributed by atoms with van der Waals surface area (Å²) in [6.07, 6.45) is 0.967. The van der Waals surface area contributed by atoms with Crippen molar-refractivity contribution in [1.29, 1.82) is 0 Å². The Morgan fingerprint density at radius 2 is 1.63 bits per heavy atom. The molecule has 4 aromatic heterocycles. The van der Waals surface area contributed by atoms with Crippen molar-refractivity contribution in [3.63, 3.8) is 0 Å². The smallest absolute Gasteiger partial charge is 0.330 e. The third kappa shape index (κ3) is 5.25. The summed E-state index contributed by atoms with van der Waals surface area (Å²) < 4.78 is 12.9. The molecule has 11 heteroatoms. The third-order valence-electron chi connectivity index (χ3n) is 6.24. The van der Waals surface area contributed by atoms with E-state index in [4.69, 9.17) is 9.47 Å². The molecule has 11 nitrogen and oxygen atoms in total. The summed E-state index contributed by atoms with van der Waals surface area (Å²) in [5, 5.41) is 21.3. The summed E-state index contributed by atoms with van der Waals surface area (Å²) in [6.45, 7) is 1.78. The molecular weight excluding hydrogens is 490 g/mol. The number of aromatic nitrogens is 5. The minimum Gasteiger partial charge on any atom is -0.491 e. The van der Waals surface area contributed by atoms with E-state index in [1.165, 1.54) is 6.20 Å². The van der Waals surface area contributed by atoms with Crippen LogP contribution in [0.4, 0.5) is 0 Å². The standard InChI is InChI=1S/C27H27N5O6/c1-2-7-16-14-32(27(36)31-25(16)35)26-24(34)23(33)22(38-26)15-37-17-12-20(18-8-3-5-10-28-18)30-21(13-17)19-9-4-6-11-29-19/h3-6,8-14,22-24,26,33-34H,2,7,15H2,1H3,(H,31,35,36)/t22-,23-,24-,26-/m1/s1. The quantitative estimate of drug-likeness (QED) is 0.317. The number of hydrogen-bond donors (Lipinski definition) is 3. The highest BCUT2D eigenvalue weighted by Crippen LogP contribution is 2.31. The summed E-state index contributed by atoms with van der Waals surface area (Å²) in [4.78, 5) is 40.2. The topological polar surface area (TPSA) is 152 Å². The summed E-state index contributed by atoms with van der Waals surface area (Å²) >= 11 is 0. The molecule has 1 fully saturated rings. The summed E-state index contributed by atoms with van der Waals surface area (Å²) in [6, 6.07) is 14.4. The van der Waals surface area contributed by atoms with Crippen molar-refractivity contribution in [3.8, 4) is 28.5 Å². The van der Waals surface area contributed by atoms with Crippen molar-refractivity contribution in [1.82, 2.24) is 24.5 Å². The first-order valence-electron chi connectivity index (χ1n) is 12.3. The number of aromatic amines is 1. The highest BCUT2D eigenvalue weighted by Gasteiger charge is 2.44. The minimum atomic E-state index is -1.41. The van der Waals surface area contributed by atoms with Crippen LogP contribution in [-0.4, -0.2) is 59.6 Å². The highest BCUT2D eigenvalue weighted by atomic mass is 16.6. The highest BCUT2D eigenvalue weighted by molar-refractivity contribution is 5.64. The molecule has 38 heavy (non-hydrogen) atoms. The average Bonchev–Trinajstić information content (AvgIpc) is 3.23. The molecule has 196 valence electrons. The van der Waals surface area contributed by atoms with Gasteiger partial charge in [0.15, 0.2) is 6.23 Å². The van der Waals surface area contributed by atoms with Gasteiger partial charge in [0.1, 0.15) is 30.7 Å². The van der Waals surface area contributed by atoms with Gasteiger partial charge < -0.3 is 19.7 Å². The molecule has 1 aliphatic heterocycles. The van der Waals surface area contributed by atoms with Gasteiger partial charge in [-0.25, -0.2) is 9.78 Å². The van der Waals surface area contributed by atoms with Gasteiger partial charge in [-0.1, -0.05) is 25.5 Å². The summed E-state index contributed by atoms with van der Waals surface area (Å²) in [5.41, 5.74) is 1.59. The van der Waals surface area contributed by atoms with Crippen molar-refractivity contribution in [2.24, 2.45) is 0 Å². The fourth-order valence-electron chi connectivity index (χ4n) is 4.32. The fourth-order valence-corrected chi connectivity index (χ4v) is 4.32. The Morgan fingerprint density at radius 3 is 2.21 bits per heavy atom. The van der Waals surface area contributed by atoms with Gasteiger partial charge in [0, 0.05) is 36.3 Å². The minimum absolute atomic E-state index is 0.123. The monoisotopic (exact) mass is 517 g/mol. The maximum Gasteiger partial charge on any atom is 0.330 e. The van der Waals surface area contributed by atoms with Gasteiger partial charge in [-0.15, -0.1) is 0 Å². The van der Waals surface area contributed by atoms with Crippen LogP contribution in [0.1, 0.15) is 25.1 Å². The fraction of sp³-hybridized carbons (Fsp3) is 0.296. The Hall–Kier alpha value is -4.19. The van der Waals surface area contributed by atoms with Gasteiger partial charge in [0.2, 0.25) is 0 Å². The molecule has 0 bridgehead atoms. The molecule has 0 unspecified atom stereocenters. The first-order chi connectivity index (χ1) is 18.4. The summed E-state index contributed by atoms with van der Waals surface area (Å²) in [5.74, 6) is 0.432. The van der Waals surface area contributed by atoms with Crippen molar-refractivity contribution in [2.75, 3.05) is 6.61 Å². The predicted octanol–water partition coefficient (Wildman–Crippen LogP) is 1.71. The second-order valence-electron chi connectivity index (χ2n) is 8.93. The number of aliphatic hydroxyl groups excluding tert-OH is 2. The molecule has 0 aromatic carbocycles. The number of nitrogens with zero attached hydrogens (tertiary/aromatic N) is 4. The Bertz CT molecular complexity index is 1450. The van der Waals surface area contributed by atoms with Crippen LogP contribution >= 0.6 is 0 Å². The maximum absolute atomic E-state index is 12.5. The van der Waals surface area contributed by atoms with E-state index in [-0.39, 0.29) is 6.61 Å². The Morgan fingerprint density at radius 1 is 0.974 bits per heavy atom. The van der Waals surface area contributed by atoms with Crippen molar-refractivity contribution in [2.45, 2.75) is 44.3 Å². The van der Waals surface area contributed by atoms with Crippen LogP contribution in [0.2, 0.25) is 0 Å². The first kappa shape index (κ1) is 25.5. The zero-order valence-corrected chi connectivity index (χ0v) is 20.6. The molecule has 0 aliphatic carbocycles. The van der Waals surface area contributed by atoms with E-state index in [1.807, 2.05) is 43.3 Å². The van der Waals surface area contributed by atoms with Gasteiger partial charge in [-0.2, -0.15) is 0 Å². The lowest BCUT2D eigenvalue weighted by Crippen LogP contribution is -2.39. The number of ether oxygens (including phenoxy) is 2. The van der Waals surface area contributed by atoms with Crippen LogP contribution in [0.15, 0.2) is 76.7 Å². The maximum atomic E-state index is 12.5. The SMILES string of the molecule is CCCc1cn([C@@H]2O[C@H](COc3cc(-c4ccccn4)nc(-c4ccccn4)c3)[C@@H](O)[C@H]2O)c(=O)[nH]c1=O. The second kappa shape index (κ2) is 11.1. The first-order valence-corrected chi connectivity index (χ1v) is 12.3. The van der Waals surface area contributed by atoms with Crippen molar-refractivity contribution >= 4 is 0 Å². The van der Waals surface area contributed by atoms with E-state index < -0.39 is 35.8 Å². The zero-order valence-electron chi connectivity index (χ0n) is 20.6.